The number of hydrogen-bond donors (Lipinski definition) is 1. The Hall–Kier alpha value is -0.0800. The zero-order valence-corrected chi connectivity index (χ0v) is 8.92. The summed E-state index contributed by atoms with van der Waals surface area (Å²) in [6.45, 7) is 6.41. The Morgan fingerprint density at radius 1 is 1.31 bits per heavy atom. The molecule has 1 N–H and O–H groups in total. The van der Waals surface area contributed by atoms with Gasteiger partial charge in [0.2, 0.25) is 0 Å². The fourth-order valence-corrected chi connectivity index (χ4v) is 2.85. The van der Waals surface area contributed by atoms with Gasteiger partial charge in [-0.2, -0.15) is 0 Å². The van der Waals surface area contributed by atoms with Gasteiger partial charge >= 0.3 is 0 Å². The van der Waals surface area contributed by atoms with Crippen LogP contribution in [-0.4, -0.2) is 37.6 Å². The lowest BCUT2D eigenvalue weighted by atomic mass is 9.99. The average molecular weight is 182 g/mol. The summed E-state index contributed by atoms with van der Waals surface area (Å²) in [6.07, 6.45) is 4.24. The highest BCUT2D eigenvalue weighted by Gasteiger charge is 2.29. The molecule has 76 valence electrons. The molecule has 2 atom stereocenters. The maximum absolute atomic E-state index is 3.39. The summed E-state index contributed by atoms with van der Waals surface area (Å²) in [4.78, 5) is 2.62. The Kier molecular flexibility index (Phi) is 2.89. The van der Waals surface area contributed by atoms with E-state index in [-0.39, 0.29) is 0 Å². The van der Waals surface area contributed by atoms with Gasteiger partial charge in [-0.15, -0.1) is 0 Å². The SMILES string of the molecule is CNC1CCC(CN2CC(C)C2)C1. The molecule has 2 aliphatic rings. The number of hydrogen-bond acceptors (Lipinski definition) is 2. The first-order valence-corrected chi connectivity index (χ1v) is 5.67. The van der Waals surface area contributed by atoms with Crippen LogP contribution in [0.3, 0.4) is 0 Å². The third-order valence-corrected chi connectivity index (χ3v) is 3.61. The highest BCUT2D eigenvalue weighted by atomic mass is 15.2. The van der Waals surface area contributed by atoms with Crippen molar-refractivity contribution in [3.63, 3.8) is 0 Å². The van der Waals surface area contributed by atoms with Crippen LogP contribution in [0.15, 0.2) is 0 Å². The van der Waals surface area contributed by atoms with Crippen molar-refractivity contribution in [1.82, 2.24) is 10.2 Å². The number of rotatable bonds is 3. The molecule has 2 rings (SSSR count). The maximum atomic E-state index is 3.39. The van der Waals surface area contributed by atoms with Crippen LogP contribution in [0, 0.1) is 11.8 Å². The molecule has 1 heterocycles. The van der Waals surface area contributed by atoms with Gasteiger partial charge in [-0.05, 0) is 38.1 Å². The Morgan fingerprint density at radius 2 is 2.08 bits per heavy atom. The Morgan fingerprint density at radius 3 is 2.62 bits per heavy atom. The molecule has 13 heavy (non-hydrogen) atoms. The first-order chi connectivity index (χ1) is 6.28. The summed E-state index contributed by atoms with van der Waals surface area (Å²) < 4.78 is 0. The third-order valence-electron chi connectivity index (χ3n) is 3.61. The van der Waals surface area contributed by atoms with Crippen molar-refractivity contribution in [3.8, 4) is 0 Å². The van der Waals surface area contributed by atoms with Gasteiger partial charge in [0.25, 0.3) is 0 Å². The molecule has 1 saturated carbocycles. The highest BCUT2D eigenvalue weighted by molar-refractivity contribution is 4.84. The standard InChI is InChI=1S/C11H22N2/c1-9-6-13(7-9)8-10-3-4-11(5-10)12-2/h9-12H,3-8H2,1-2H3. The van der Waals surface area contributed by atoms with Gasteiger partial charge in [0.05, 0.1) is 0 Å². The highest BCUT2D eigenvalue weighted by Crippen LogP contribution is 2.28. The van der Waals surface area contributed by atoms with Gasteiger partial charge in [-0.25, -0.2) is 0 Å². The smallest absolute Gasteiger partial charge is 0.00672 e. The lowest BCUT2D eigenvalue weighted by Gasteiger charge is -2.38. The molecule has 2 heteroatoms. The molecule has 1 aliphatic heterocycles. The second-order valence-corrected chi connectivity index (χ2v) is 4.99. The molecule has 1 saturated heterocycles. The maximum Gasteiger partial charge on any atom is 0.00672 e. The van der Waals surface area contributed by atoms with Gasteiger partial charge < -0.3 is 10.2 Å². The predicted octanol–water partition coefficient (Wildman–Crippen LogP) is 1.33. The Labute approximate surface area is 81.7 Å². The molecule has 0 aromatic heterocycles. The fourth-order valence-electron chi connectivity index (χ4n) is 2.85. The zero-order valence-electron chi connectivity index (χ0n) is 8.92. The van der Waals surface area contributed by atoms with Crippen LogP contribution < -0.4 is 5.32 Å². The van der Waals surface area contributed by atoms with E-state index in [9.17, 15) is 0 Å². The van der Waals surface area contributed by atoms with Crippen LogP contribution >= 0.6 is 0 Å². The summed E-state index contributed by atoms with van der Waals surface area (Å²) in [7, 11) is 2.10. The van der Waals surface area contributed by atoms with E-state index >= 15 is 0 Å². The van der Waals surface area contributed by atoms with Crippen LogP contribution in [0.4, 0.5) is 0 Å². The topological polar surface area (TPSA) is 15.3 Å². The van der Waals surface area contributed by atoms with Crippen LogP contribution in [0.25, 0.3) is 0 Å². The van der Waals surface area contributed by atoms with Gasteiger partial charge in [-0.3, -0.25) is 0 Å². The predicted molar refractivity (Wildman–Crippen MR) is 55.8 cm³/mol. The molecule has 1 aliphatic carbocycles. The number of nitrogens with zero attached hydrogens (tertiary/aromatic N) is 1. The van der Waals surface area contributed by atoms with E-state index in [1.54, 1.807) is 0 Å². The second kappa shape index (κ2) is 3.97. The van der Waals surface area contributed by atoms with Crippen molar-refractivity contribution < 1.29 is 0 Å². The first-order valence-electron chi connectivity index (χ1n) is 5.67. The monoisotopic (exact) mass is 182 g/mol. The molecule has 0 aromatic carbocycles. The van der Waals surface area contributed by atoms with Crippen molar-refractivity contribution in [2.45, 2.75) is 32.2 Å². The van der Waals surface area contributed by atoms with Gasteiger partial charge in [0.1, 0.15) is 0 Å². The van der Waals surface area contributed by atoms with Crippen LogP contribution in [0.2, 0.25) is 0 Å². The summed E-state index contributed by atoms with van der Waals surface area (Å²) in [6, 6.07) is 0.809. The van der Waals surface area contributed by atoms with E-state index in [0.717, 1.165) is 17.9 Å². The summed E-state index contributed by atoms with van der Waals surface area (Å²) in [5.41, 5.74) is 0. The number of likely N-dealkylation sites (tertiary alicyclic amines) is 1. The van der Waals surface area contributed by atoms with E-state index < -0.39 is 0 Å². The minimum atomic E-state index is 0.809. The van der Waals surface area contributed by atoms with E-state index in [1.807, 2.05) is 0 Å². The third kappa shape index (κ3) is 2.23. The van der Waals surface area contributed by atoms with Gasteiger partial charge in [0, 0.05) is 25.7 Å². The quantitative estimate of drug-likeness (QED) is 0.708. The first kappa shape index (κ1) is 9.47. The van der Waals surface area contributed by atoms with E-state index in [0.29, 0.717) is 0 Å². The molecule has 2 unspecified atom stereocenters. The van der Waals surface area contributed by atoms with Crippen molar-refractivity contribution >= 4 is 0 Å². The van der Waals surface area contributed by atoms with Gasteiger partial charge in [-0.1, -0.05) is 6.92 Å². The van der Waals surface area contributed by atoms with Crippen molar-refractivity contribution in [3.05, 3.63) is 0 Å². The molecule has 0 amide bonds. The van der Waals surface area contributed by atoms with Crippen LogP contribution in [0.5, 0.6) is 0 Å². The molecule has 0 radical (unpaired) electrons. The van der Waals surface area contributed by atoms with Crippen molar-refractivity contribution in [2.24, 2.45) is 11.8 Å². The molecule has 0 bridgehead atoms. The molecule has 2 nitrogen and oxygen atoms in total. The van der Waals surface area contributed by atoms with Crippen molar-refractivity contribution in [1.29, 1.82) is 0 Å². The molecule has 2 fully saturated rings. The van der Waals surface area contributed by atoms with E-state index in [2.05, 4.69) is 24.2 Å². The summed E-state index contributed by atoms with van der Waals surface area (Å²) >= 11 is 0. The van der Waals surface area contributed by atoms with Crippen LogP contribution in [-0.2, 0) is 0 Å². The normalized spacial score (nSPS) is 36.5. The van der Waals surface area contributed by atoms with Crippen LogP contribution in [0.1, 0.15) is 26.2 Å². The Bertz CT molecular complexity index is 163. The van der Waals surface area contributed by atoms with Gasteiger partial charge in [0.15, 0.2) is 0 Å². The molecular weight excluding hydrogens is 160 g/mol. The summed E-state index contributed by atoms with van der Waals surface area (Å²) in [5.74, 6) is 1.94. The Balaban J connectivity index is 1.66. The summed E-state index contributed by atoms with van der Waals surface area (Å²) in [5, 5.41) is 3.39. The minimum absolute atomic E-state index is 0.809. The zero-order chi connectivity index (χ0) is 9.26. The largest absolute Gasteiger partial charge is 0.317 e. The molecule has 0 spiro atoms. The lowest BCUT2D eigenvalue weighted by Crippen LogP contribution is -2.47. The fraction of sp³-hybridized carbons (Fsp3) is 1.00. The number of nitrogens with one attached hydrogen (secondary N) is 1. The molecule has 0 aromatic rings. The average Bonchev–Trinajstić information content (AvgIpc) is 2.50. The van der Waals surface area contributed by atoms with E-state index in [1.165, 1.54) is 38.9 Å². The van der Waals surface area contributed by atoms with Crippen molar-refractivity contribution in [2.75, 3.05) is 26.7 Å². The molecular formula is C11H22N2. The minimum Gasteiger partial charge on any atom is -0.317 e. The van der Waals surface area contributed by atoms with E-state index in [4.69, 9.17) is 0 Å². The lowest BCUT2D eigenvalue weighted by molar-refractivity contribution is 0.0929. The second-order valence-electron chi connectivity index (χ2n) is 4.99.